The third-order valence-corrected chi connectivity index (χ3v) is 4.05. The summed E-state index contributed by atoms with van der Waals surface area (Å²) in [4.78, 5) is 23.4. The van der Waals surface area contributed by atoms with Crippen molar-refractivity contribution in [2.45, 2.75) is 25.8 Å². The molecule has 1 unspecified atom stereocenters. The molecule has 1 saturated heterocycles. The predicted molar refractivity (Wildman–Crippen MR) is 78.4 cm³/mol. The van der Waals surface area contributed by atoms with Gasteiger partial charge in [0.2, 0.25) is 11.8 Å². The first-order valence-corrected chi connectivity index (χ1v) is 7.50. The van der Waals surface area contributed by atoms with Crippen LogP contribution in [0.1, 0.15) is 25.3 Å². The summed E-state index contributed by atoms with van der Waals surface area (Å²) in [6, 6.07) is 7.32. The Morgan fingerprint density at radius 1 is 1.42 bits per heavy atom. The molecule has 2 N–H and O–H groups in total. The van der Waals surface area contributed by atoms with Crippen molar-refractivity contribution in [2.24, 2.45) is 0 Å². The third kappa shape index (κ3) is 3.50. The highest BCUT2D eigenvalue weighted by molar-refractivity contribution is 8.00. The van der Waals surface area contributed by atoms with E-state index in [2.05, 4.69) is 24.5 Å². The van der Waals surface area contributed by atoms with E-state index in [9.17, 15) is 9.59 Å². The van der Waals surface area contributed by atoms with E-state index in [4.69, 9.17) is 0 Å². The molecule has 1 aromatic carbocycles. The molecule has 0 aromatic heterocycles. The summed E-state index contributed by atoms with van der Waals surface area (Å²) in [6.07, 6.45) is 0. The van der Waals surface area contributed by atoms with Gasteiger partial charge in [-0.25, -0.2) is 0 Å². The van der Waals surface area contributed by atoms with Gasteiger partial charge >= 0.3 is 0 Å². The molecule has 102 valence electrons. The molecule has 2 amide bonds. The number of benzene rings is 1. The van der Waals surface area contributed by atoms with Crippen molar-refractivity contribution in [1.29, 1.82) is 0 Å². The van der Waals surface area contributed by atoms with Gasteiger partial charge in [-0.1, -0.05) is 32.0 Å². The fraction of sp³-hybridized carbons (Fsp3) is 0.429. The van der Waals surface area contributed by atoms with Crippen molar-refractivity contribution >= 4 is 29.3 Å². The Balaban J connectivity index is 2.08. The summed E-state index contributed by atoms with van der Waals surface area (Å²) >= 11 is 1.49. The van der Waals surface area contributed by atoms with E-state index in [1.165, 1.54) is 11.8 Å². The number of hydrogen-bond donors (Lipinski definition) is 2. The smallest absolute Gasteiger partial charge is 0.247 e. The number of carbonyl (C=O) groups is 2. The zero-order chi connectivity index (χ0) is 13.8. The highest BCUT2D eigenvalue weighted by atomic mass is 32.2. The van der Waals surface area contributed by atoms with E-state index in [-0.39, 0.29) is 11.8 Å². The summed E-state index contributed by atoms with van der Waals surface area (Å²) in [7, 11) is 0. The van der Waals surface area contributed by atoms with Crippen molar-refractivity contribution in [3.63, 3.8) is 0 Å². The van der Waals surface area contributed by atoms with Gasteiger partial charge in [-0.3, -0.25) is 9.59 Å². The normalized spacial score (nSPS) is 19.1. The van der Waals surface area contributed by atoms with Crippen molar-refractivity contribution in [3.05, 3.63) is 29.8 Å². The van der Waals surface area contributed by atoms with Crippen molar-refractivity contribution < 1.29 is 9.59 Å². The molecule has 0 radical (unpaired) electrons. The van der Waals surface area contributed by atoms with Gasteiger partial charge in [-0.05, 0) is 17.5 Å². The molecule has 19 heavy (non-hydrogen) atoms. The van der Waals surface area contributed by atoms with Gasteiger partial charge in [0.15, 0.2) is 0 Å². The quantitative estimate of drug-likeness (QED) is 0.889. The Morgan fingerprint density at radius 3 is 2.84 bits per heavy atom. The Kier molecular flexibility index (Phi) is 4.47. The molecule has 1 fully saturated rings. The van der Waals surface area contributed by atoms with E-state index in [0.717, 1.165) is 11.3 Å². The average Bonchev–Trinajstić information content (AvgIpc) is 2.39. The molecule has 1 aliphatic rings. The van der Waals surface area contributed by atoms with Gasteiger partial charge in [-0.2, -0.15) is 0 Å². The highest BCUT2D eigenvalue weighted by Crippen LogP contribution is 2.24. The van der Waals surface area contributed by atoms with Crippen LogP contribution in [-0.4, -0.2) is 29.4 Å². The number of carbonyl (C=O) groups excluding carboxylic acids is 2. The first kappa shape index (κ1) is 13.9. The van der Waals surface area contributed by atoms with Crippen LogP contribution < -0.4 is 10.6 Å². The second kappa shape index (κ2) is 6.10. The van der Waals surface area contributed by atoms with Crippen molar-refractivity contribution in [2.75, 3.05) is 16.8 Å². The van der Waals surface area contributed by atoms with Crippen LogP contribution in [0.2, 0.25) is 0 Å². The van der Waals surface area contributed by atoms with Crippen LogP contribution in [0.4, 0.5) is 5.69 Å². The van der Waals surface area contributed by atoms with E-state index < -0.39 is 6.04 Å². The number of nitrogens with one attached hydrogen (secondary N) is 2. The standard InChI is InChI=1S/C14H18N2O2S/c1-9(2)10-5-3-4-6-11(10)16-14(18)12-7-19-8-13(17)15-12/h3-6,9,12H,7-8H2,1-2H3,(H,15,17)(H,16,18). The molecular weight excluding hydrogens is 260 g/mol. The van der Waals surface area contributed by atoms with Crippen LogP contribution in [0, 0.1) is 0 Å². The molecule has 1 atom stereocenters. The summed E-state index contributed by atoms with van der Waals surface area (Å²) in [5.74, 6) is 1.18. The largest absolute Gasteiger partial charge is 0.343 e. The van der Waals surface area contributed by atoms with E-state index >= 15 is 0 Å². The van der Waals surface area contributed by atoms with Gasteiger partial charge in [-0.15, -0.1) is 11.8 Å². The fourth-order valence-corrected chi connectivity index (χ4v) is 2.88. The van der Waals surface area contributed by atoms with Crippen LogP contribution in [-0.2, 0) is 9.59 Å². The van der Waals surface area contributed by atoms with Crippen molar-refractivity contribution in [3.8, 4) is 0 Å². The fourth-order valence-electron chi connectivity index (χ4n) is 2.02. The van der Waals surface area contributed by atoms with Crippen LogP contribution in [0.5, 0.6) is 0 Å². The number of thioether (sulfide) groups is 1. The van der Waals surface area contributed by atoms with Crippen LogP contribution in [0.3, 0.4) is 0 Å². The molecule has 0 spiro atoms. The Bertz CT molecular complexity index is 488. The molecule has 2 rings (SSSR count). The number of hydrogen-bond acceptors (Lipinski definition) is 3. The summed E-state index contributed by atoms with van der Waals surface area (Å²) in [5, 5.41) is 5.63. The molecule has 5 heteroatoms. The molecule has 0 saturated carbocycles. The lowest BCUT2D eigenvalue weighted by Gasteiger charge is -2.23. The van der Waals surface area contributed by atoms with Gasteiger partial charge in [0, 0.05) is 11.4 Å². The first-order chi connectivity index (χ1) is 9.08. The highest BCUT2D eigenvalue weighted by Gasteiger charge is 2.25. The number of rotatable bonds is 3. The van der Waals surface area contributed by atoms with Crippen LogP contribution in [0.25, 0.3) is 0 Å². The van der Waals surface area contributed by atoms with Gasteiger partial charge in [0.05, 0.1) is 5.75 Å². The molecule has 4 nitrogen and oxygen atoms in total. The topological polar surface area (TPSA) is 58.2 Å². The maximum atomic E-state index is 12.1. The minimum absolute atomic E-state index is 0.0754. The first-order valence-electron chi connectivity index (χ1n) is 6.35. The number of amides is 2. The summed E-state index contributed by atoms with van der Waals surface area (Å²) in [5.41, 5.74) is 1.93. The lowest BCUT2D eigenvalue weighted by molar-refractivity contribution is -0.124. The monoisotopic (exact) mass is 278 g/mol. The van der Waals surface area contributed by atoms with E-state index in [1.807, 2.05) is 24.3 Å². The Hall–Kier alpha value is -1.49. The predicted octanol–water partition coefficient (Wildman–Crippen LogP) is 1.98. The maximum absolute atomic E-state index is 12.1. The lowest BCUT2D eigenvalue weighted by Crippen LogP contribution is -2.49. The third-order valence-electron chi connectivity index (χ3n) is 3.01. The molecule has 1 heterocycles. The molecule has 1 aliphatic heterocycles. The molecule has 0 aliphatic carbocycles. The van der Waals surface area contributed by atoms with Gasteiger partial charge in [0.1, 0.15) is 6.04 Å². The lowest BCUT2D eigenvalue weighted by atomic mass is 10.0. The van der Waals surface area contributed by atoms with Gasteiger partial charge < -0.3 is 10.6 Å². The molecule has 1 aromatic rings. The number of para-hydroxylation sites is 1. The Labute approximate surface area is 117 Å². The van der Waals surface area contributed by atoms with Crippen LogP contribution in [0.15, 0.2) is 24.3 Å². The maximum Gasteiger partial charge on any atom is 0.247 e. The zero-order valence-electron chi connectivity index (χ0n) is 11.1. The second-order valence-corrected chi connectivity index (χ2v) is 5.90. The summed E-state index contributed by atoms with van der Waals surface area (Å²) in [6.45, 7) is 4.17. The summed E-state index contributed by atoms with van der Waals surface area (Å²) < 4.78 is 0. The second-order valence-electron chi connectivity index (χ2n) is 4.87. The average molecular weight is 278 g/mol. The molecular formula is C14H18N2O2S. The minimum Gasteiger partial charge on any atom is -0.343 e. The minimum atomic E-state index is -0.438. The SMILES string of the molecule is CC(C)c1ccccc1NC(=O)C1CSCC(=O)N1. The number of anilines is 1. The van der Waals surface area contributed by atoms with Gasteiger partial charge in [0.25, 0.3) is 0 Å². The van der Waals surface area contributed by atoms with Crippen LogP contribution >= 0.6 is 11.8 Å². The zero-order valence-corrected chi connectivity index (χ0v) is 11.9. The van der Waals surface area contributed by atoms with Crippen molar-refractivity contribution in [1.82, 2.24) is 5.32 Å². The molecule has 0 bridgehead atoms. The van der Waals surface area contributed by atoms with E-state index in [1.54, 1.807) is 0 Å². The Morgan fingerprint density at radius 2 is 2.16 bits per heavy atom. The van der Waals surface area contributed by atoms with E-state index in [0.29, 0.717) is 17.4 Å².